The Kier molecular flexibility index (Phi) is 6.20. The van der Waals surface area contributed by atoms with E-state index >= 15 is 0 Å². The van der Waals surface area contributed by atoms with Gasteiger partial charge < -0.3 is 9.47 Å². The Labute approximate surface area is 158 Å². The molecule has 0 atom stereocenters. The quantitative estimate of drug-likeness (QED) is 0.511. The van der Waals surface area contributed by atoms with Crippen LogP contribution in [0.3, 0.4) is 0 Å². The van der Waals surface area contributed by atoms with Gasteiger partial charge in [-0.25, -0.2) is 5.43 Å². The number of hydrazone groups is 1. The van der Waals surface area contributed by atoms with Gasteiger partial charge in [0, 0.05) is 11.1 Å². The van der Waals surface area contributed by atoms with Gasteiger partial charge in [-0.2, -0.15) is 5.10 Å². The number of carbonyl (C=O) groups is 1. The highest BCUT2D eigenvalue weighted by molar-refractivity contribution is 5.95. The molecule has 5 nitrogen and oxygen atoms in total. The predicted octanol–water partition coefficient (Wildman–Crippen LogP) is 4.04. The molecule has 1 N–H and O–H groups in total. The first-order valence-electron chi connectivity index (χ1n) is 8.49. The molecule has 0 aliphatic rings. The molecule has 0 aliphatic heterocycles. The summed E-state index contributed by atoms with van der Waals surface area (Å²) in [4.78, 5) is 12.2. The van der Waals surface area contributed by atoms with Gasteiger partial charge in [0.05, 0.1) is 13.3 Å². The number of carbonyl (C=O) groups excluding carboxylic acids is 1. The second-order valence-corrected chi connectivity index (χ2v) is 5.74. The number of rotatable bonds is 7. The fourth-order valence-electron chi connectivity index (χ4n) is 2.43. The molecule has 27 heavy (non-hydrogen) atoms. The number of benzene rings is 3. The molecule has 5 heteroatoms. The number of amides is 1. The fraction of sp³-hybridized carbons (Fsp3) is 0.0909. The van der Waals surface area contributed by atoms with Crippen LogP contribution in [0.5, 0.6) is 11.5 Å². The zero-order valence-electron chi connectivity index (χ0n) is 15.0. The molecule has 0 saturated heterocycles. The number of hydrogen-bond acceptors (Lipinski definition) is 4. The van der Waals surface area contributed by atoms with Gasteiger partial charge in [0.15, 0.2) is 0 Å². The molecule has 0 fully saturated rings. The minimum absolute atomic E-state index is 0.281. The first-order valence-corrected chi connectivity index (χ1v) is 8.49. The number of ether oxygens (including phenoxy) is 2. The highest BCUT2D eigenvalue weighted by Crippen LogP contribution is 2.15. The monoisotopic (exact) mass is 360 g/mol. The molecule has 0 heterocycles. The first kappa shape index (κ1) is 18.2. The van der Waals surface area contributed by atoms with E-state index in [9.17, 15) is 4.79 Å². The molecule has 0 aromatic heterocycles. The van der Waals surface area contributed by atoms with Crippen LogP contribution >= 0.6 is 0 Å². The second-order valence-electron chi connectivity index (χ2n) is 5.74. The molecule has 0 unspecified atom stereocenters. The Balaban J connectivity index is 1.55. The van der Waals surface area contributed by atoms with Crippen LogP contribution in [0.2, 0.25) is 0 Å². The topological polar surface area (TPSA) is 59.9 Å². The molecular formula is C22H20N2O3. The Morgan fingerprint density at radius 3 is 2.41 bits per heavy atom. The zero-order chi connectivity index (χ0) is 18.9. The van der Waals surface area contributed by atoms with Crippen LogP contribution < -0.4 is 14.9 Å². The summed E-state index contributed by atoms with van der Waals surface area (Å²) in [6, 6.07) is 24.3. The number of hydrogen-bond donors (Lipinski definition) is 1. The van der Waals surface area contributed by atoms with E-state index in [1.165, 1.54) is 0 Å². The van der Waals surface area contributed by atoms with Gasteiger partial charge in [-0.1, -0.05) is 42.5 Å². The number of para-hydroxylation sites is 2. The third-order valence-electron chi connectivity index (χ3n) is 3.87. The average molecular weight is 360 g/mol. The summed E-state index contributed by atoms with van der Waals surface area (Å²) in [6.45, 7) is 0.442. The van der Waals surface area contributed by atoms with Gasteiger partial charge in [-0.05, 0) is 42.0 Å². The third-order valence-corrected chi connectivity index (χ3v) is 3.87. The van der Waals surface area contributed by atoms with Crippen molar-refractivity contribution in [1.29, 1.82) is 0 Å². The van der Waals surface area contributed by atoms with E-state index in [2.05, 4.69) is 10.5 Å². The molecule has 3 rings (SSSR count). The molecule has 3 aromatic rings. The van der Waals surface area contributed by atoms with Gasteiger partial charge in [0.1, 0.15) is 18.1 Å². The van der Waals surface area contributed by atoms with Gasteiger partial charge in [0.2, 0.25) is 0 Å². The normalized spacial score (nSPS) is 10.6. The molecular weight excluding hydrogens is 340 g/mol. The summed E-state index contributed by atoms with van der Waals surface area (Å²) in [5, 5.41) is 4.00. The van der Waals surface area contributed by atoms with Crippen LogP contribution in [0.15, 0.2) is 84.0 Å². The van der Waals surface area contributed by atoms with Gasteiger partial charge in [0.25, 0.3) is 5.91 Å². The molecule has 0 radical (unpaired) electrons. The lowest BCUT2D eigenvalue weighted by atomic mass is 10.1. The minimum atomic E-state index is -0.281. The Morgan fingerprint density at radius 1 is 0.963 bits per heavy atom. The highest BCUT2D eigenvalue weighted by Gasteiger charge is 2.05. The second kappa shape index (κ2) is 9.20. The van der Waals surface area contributed by atoms with E-state index in [4.69, 9.17) is 9.47 Å². The molecule has 3 aromatic carbocycles. The van der Waals surface area contributed by atoms with Crippen molar-refractivity contribution in [3.63, 3.8) is 0 Å². The van der Waals surface area contributed by atoms with E-state index in [0.29, 0.717) is 17.9 Å². The SMILES string of the molecule is COc1ccccc1/C=N/NC(=O)c1ccc(COc2ccccc2)cc1. The lowest BCUT2D eigenvalue weighted by Gasteiger charge is -2.07. The Bertz CT molecular complexity index is 906. The van der Waals surface area contributed by atoms with Crippen LogP contribution in [-0.4, -0.2) is 19.2 Å². The first-order chi connectivity index (χ1) is 13.3. The van der Waals surface area contributed by atoms with Gasteiger partial charge >= 0.3 is 0 Å². The van der Waals surface area contributed by atoms with Crippen molar-refractivity contribution >= 4 is 12.1 Å². The average Bonchev–Trinajstić information content (AvgIpc) is 2.73. The van der Waals surface area contributed by atoms with Crippen LogP contribution in [0.25, 0.3) is 0 Å². The Hall–Kier alpha value is -3.60. The van der Waals surface area contributed by atoms with Gasteiger partial charge in [-0.15, -0.1) is 0 Å². The summed E-state index contributed by atoms with van der Waals surface area (Å²) in [7, 11) is 1.59. The molecule has 136 valence electrons. The number of nitrogens with one attached hydrogen (secondary N) is 1. The fourth-order valence-corrected chi connectivity index (χ4v) is 2.43. The largest absolute Gasteiger partial charge is 0.496 e. The summed E-state index contributed by atoms with van der Waals surface area (Å²) in [5.74, 6) is 1.22. The molecule has 1 amide bonds. The van der Waals surface area contributed by atoms with Crippen LogP contribution in [0.1, 0.15) is 21.5 Å². The van der Waals surface area contributed by atoms with Crippen molar-refractivity contribution in [3.8, 4) is 11.5 Å². The predicted molar refractivity (Wildman–Crippen MR) is 105 cm³/mol. The molecule has 0 bridgehead atoms. The number of methoxy groups -OCH3 is 1. The van der Waals surface area contributed by atoms with E-state index < -0.39 is 0 Å². The van der Waals surface area contributed by atoms with E-state index in [-0.39, 0.29) is 5.91 Å². The van der Waals surface area contributed by atoms with E-state index in [0.717, 1.165) is 16.9 Å². The summed E-state index contributed by atoms with van der Waals surface area (Å²) in [6.07, 6.45) is 1.55. The van der Waals surface area contributed by atoms with Crippen molar-refractivity contribution in [2.45, 2.75) is 6.61 Å². The summed E-state index contributed by atoms with van der Waals surface area (Å²) in [5.41, 5.74) is 4.81. The van der Waals surface area contributed by atoms with Crippen LogP contribution in [0.4, 0.5) is 0 Å². The molecule has 0 saturated carbocycles. The standard InChI is InChI=1S/C22H20N2O3/c1-26-21-10-6-5-7-19(21)15-23-24-22(25)18-13-11-17(12-14-18)16-27-20-8-3-2-4-9-20/h2-15H,16H2,1H3,(H,24,25)/b23-15+. The summed E-state index contributed by atoms with van der Waals surface area (Å²) < 4.78 is 10.9. The molecule has 0 aliphatic carbocycles. The van der Waals surface area contributed by atoms with Crippen molar-refractivity contribution < 1.29 is 14.3 Å². The van der Waals surface area contributed by atoms with Crippen molar-refractivity contribution in [2.24, 2.45) is 5.10 Å². The van der Waals surface area contributed by atoms with Gasteiger partial charge in [-0.3, -0.25) is 4.79 Å². The zero-order valence-corrected chi connectivity index (χ0v) is 15.0. The third kappa shape index (κ3) is 5.19. The Morgan fingerprint density at radius 2 is 1.67 bits per heavy atom. The lowest BCUT2D eigenvalue weighted by molar-refractivity contribution is 0.0955. The van der Waals surface area contributed by atoms with E-state index in [1.54, 1.807) is 25.5 Å². The van der Waals surface area contributed by atoms with Crippen molar-refractivity contribution in [2.75, 3.05) is 7.11 Å². The van der Waals surface area contributed by atoms with Crippen molar-refractivity contribution in [3.05, 3.63) is 95.6 Å². The number of nitrogens with zero attached hydrogens (tertiary/aromatic N) is 1. The lowest BCUT2D eigenvalue weighted by Crippen LogP contribution is -2.17. The smallest absolute Gasteiger partial charge is 0.271 e. The minimum Gasteiger partial charge on any atom is -0.496 e. The van der Waals surface area contributed by atoms with Crippen molar-refractivity contribution in [1.82, 2.24) is 5.43 Å². The highest BCUT2D eigenvalue weighted by atomic mass is 16.5. The van der Waals surface area contributed by atoms with Crippen LogP contribution in [-0.2, 0) is 6.61 Å². The molecule has 0 spiro atoms. The summed E-state index contributed by atoms with van der Waals surface area (Å²) >= 11 is 0. The van der Waals surface area contributed by atoms with E-state index in [1.807, 2.05) is 66.7 Å². The maximum Gasteiger partial charge on any atom is 0.271 e. The maximum absolute atomic E-state index is 12.2. The van der Waals surface area contributed by atoms with Crippen LogP contribution in [0, 0.1) is 0 Å². The maximum atomic E-state index is 12.2.